The number of halogens is 4. The Labute approximate surface area is 140 Å². The Morgan fingerprint density at radius 2 is 1.88 bits per heavy atom. The average Bonchev–Trinajstić information content (AvgIpc) is 2.49. The lowest BCUT2D eigenvalue weighted by molar-refractivity contribution is -0.142. The number of rotatable bonds is 6. The molecule has 1 aromatic carbocycles. The third-order valence-electron chi connectivity index (χ3n) is 3.35. The maximum atomic E-state index is 14.1. The lowest BCUT2D eigenvalue weighted by Crippen LogP contribution is -2.47. The van der Waals surface area contributed by atoms with Gasteiger partial charge in [-0.05, 0) is 19.1 Å². The molecular formula is C15H16F4N2O4. The topological polar surface area (TPSA) is 86.7 Å². The molecule has 2 amide bonds. The molecule has 1 rings (SSSR count). The first-order chi connectivity index (χ1) is 11.5. The van der Waals surface area contributed by atoms with Crippen molar-refractivity contribution in [1.29, 1.82) is 0 Å². The molecule has 0 radical (unpaired) electrons. The molecule has 25 heavy (non-hydrogen) atoms. The van der Waals surface area contributed by atoms with E-state index in [1.54, 1.807) is 0 Å². The van der Waals surface area contributed by atoms with Gasteiger partial charge < -0.3 is 15.3 Å². The summed E-state index contributed by atoms with van der Waals surface area (Å²) in [5.74, 6) is -4.87. The summed E-state index contributed by atoms with van der Waals surface area (Å²) in [6, 6.07) is 0.743. The van der Waals surface area contributed by atoms with Gasteiger partial charge in [0.1, 0.15) is 11.9 Å². The number of carbonyl (C=O) groups is 3. The van der Waals surface area contributed by atoms with Crippen molar-refractivity contribution in [1.82, 2.24) is 10.2 Å². The Bertz CT molecular complexity index is 676. The number of alkyl halides is 3. The maximum Gasteiger partial charge on any atom is 0.419 e. The van der Waals surface area contributed by atoms with Gasteiger partial charge in [-0.2, -0.15) is 13.2 Å². The SMILES string of the molecule is CC(=O)NCCN(C(=O)c1cccc(C(F)(F)F)c1F)C(C)C(=O)O. The highest BCUT2D eigenvalue weighted by Crippen LogP contribution is 2.32. The van der Waals surface area contributed by atoms with E-state index in [-0.39, 0.29) is 13.1 Å². The number of hydrogen-bond donors (Lipinski definition) is 2. The Hall–Kier alpha value is -2.65. The number of hydrogen-bond acceptors (Lipinski definition) is 3. The molecule has 6 nitrogen and oxygen atoms in total. The van der Waals surface area contributed by atoms with Crippen molar-refractivity contribution in [3.05, 3.63) is 35.1 Å². The highest BCUT2D eigenvalue weighted by molar-refractivity contribution is 5.97. The fourth-order valence-electron chi connectivity index (χ4n) is 2.03. The van der Waals surface area contributed by atoms with Crippen molar-refractivity contribution >= 4 is 17.8 Å². The van der Waals surface area contributed by atoms with Gasteiger partial charge in [0.15, 0.2) is 0 Å². The van der Waals surface area contributed by atoms with E-state index >= 15 is 0 Å². The summed E-state index contributed by atoms with van der Waals surface area (Å²) in [6.45, 7) is 1.86. The Morgan fingerprint density at radius 3 is 2.36 bits per heavy atom. The average molecular weight is 364 g/mol. The lowest BCUT2D eigenvalue weighted by Gasteiger charge is -2.27. The van der Waals surface area contributed by atoms with E-state index in [2.05, 4.69) is 5.32 Å². The van der Waals surface area contributed by atoms with Crippen LogP contribution >= 0.6 is 0 Å². The van der Waals surface area contributed by atoms with Gasteiger partial charge in [0.05, 0.1) is 11.1 Å². The van der Waals surface area contributed by atoms with Crippen LogP contribution in [0.15, 0.2) is 18.2 Å². The van der Waals surface area contributed by atoms with Gasteiger partial charge in [0, 0.05) is 20.0 Å². The molecule has 0 aliphatic heterocycles. The first-order valence-electron chi connectivity index (χ1n) is 7.10. The fourth-order valence-corrected chi connectivity index (χ4v) is 2.03. The van der Waals surface area contributed by atoms with Crippen LogP contribution in [-0.2, 0) is 15.8 Å². The van der Waals surface area contributed by atoms with Crippen LogP contribution < -0.4 is 5.32 Å². The van der Waals surface area contributed by atoms with Gasteiger partial charge in [-0.25, -0.2) is 9.18 Å². The fraction of sp³-hybridized carbons (Fsp3) is 0.400. The number of carboxylic acids is 1. The molecule has 0 aliphatic rings. The molecular weight excluding hydrogens is 348 g/mol. The second kappa shape index (κ2) is 7.95. The van der Waals surface area contributed by atoms with E-state index in [0.717, 1.165) is 19.1 Å². The second-order valence-corrected chi connectivity index (χ2v) is 5.16. The van der Waals surface area contributed by atoms with Crippen molar-refractivity contribution in [2.45, 2.75) is 26.1 Å². The van der Waals surface area contributed by atoms with Crippen molar-refractivity contribution in [3.63, 3.8) is 0 Å². The lowest BCUT2D eigenvalue weighted by atomic mass is 10.1. The summed E-state index contributed by atoms with van der Waals surface area (Å²) < 4.78 is 52.4. The predicted octanol–water partition coefficient (Wildman–Crippen LogP) is 1.90. The molecule has 0 aliphatic carbocycles. The van der Waals surface area contributed by atoms with Crippen molar-refractivity contribution in [3.8, 4) is 0 Å². The van der Waals surface area contributed by atoms with E-state index in [1.807, 2.05) is 0 Å². The standard InChI is InChI=1S/C15H16F4N2O4/c1-8(14(24)25)21(7-6-20-9(2)22)13(23)10-4-3-5-11(12(10)16)15(17,18)19/h3-5,8H,6-7H2,1-2H3,(H,20,22)(H,24,25). The number of benzene rings is 1. The molecule has 0 fully saturated rings. The van der Waals surface area contributed by atoms with E-state index in [9.17, 15) is 31.9 Å². The molecule has 10 heteroatoms. The van der Waals surface area contributed by atoms with Crippen LogP contribution in [0.25, 0.3) is 0 Å². The van der Waals surface area contributed by atoms with Crippen LogP contribution in [0.3, 0.4) is 0 Å². The normalized spacial score (nSPS) is 12.4. The van der Waals surface area contributed by atoms with E-state index in [0.29, 0.717) is 11.0 Å². The Balaban J connectivity index is 3.20. The first kappa shape index (κ1) is 20.4. The summed E-state index contributed by atoms with van der Waals surface area (Å²) in [4.78, 5) is 35.1. The van der Waals surface area contributed by atoms with Crippen LogP contribution in [-0.4, -0.2) is 46.9 Å². The number of amides is 2. The third-order valence-corrected chi connectivity index (χ3v) is 3.35. The quantitative estimate of drug-likeness (QED) is 0.755. The number of nitrogens with zero attached hydrogens (tertiary/aromatic N) is 1. The summed E-state index contributed by atoms with van der Waals surface area (Å²) in [6.07, 6.45) is -5.00. The highest BCUT2D eigenvalue weighted by Gasteiger charge is 2.37. The third kappa shape index (κ3) is 5.16. The van der Waals surface area contributed by atoms with Crippen LogP contribution in [0.1, 0.15) is 29.8 Å². The molecule has 0 spiro atoms. The number of nitrogens with one attached hydrogen (secondary N) is 1. The molecule has 138 valence electrons. The monoisotopic (exact) mass is 364 g/mol. The largest absolute Gasteiger partial charge is 0.480 e. The zero-order chi connectivity index (χ0) is 19.4. The Kier molecular flexibility index (Phi) is 6.49. The minimum atomic E-state index is -5.00. The maximum absolute atomic E-state index is 14.1. The van der Waals surface area contributed by atoms with Crippen LogP contribution in [0, 0.1) is 5.82 Å². The molecule has 0 heterocycles. The van der Waals surface area contributed by atoms with Gasteiger partial charge in [-0.15, -0.1) is 0 Å². The second-order valence-electron chi connectivity index (χ2n) is 5.16. The predicted molar refractivity (Wildman–Crippen MR) is 78.2 cm³/mol. The first-order valence-corrected chi connectivity index (χ1v) is 7.10. The Morgan fingerprint density at radius 1 is 1.28 bits per heavy atom. The smallest absolute Gasteiger partial charge is 0.419 e. The number of carboxylic acid groups (broad SMARTS) is 1. The van der Waals surface area contributed by atoms with Crippen molar-refractivity contribution in [2.24, 2.45) is 0 Å². The molecule has 0 bridgehead atoms. The van der Waals surface area contributed by atoms with E-state index in [1.165, 1.54) is 6.92 Å². The van der Waals surface area contributed by atoms with Gasteiger partial charge >= 0.3 is 12.1 Å². The van der Waals surface area contributed by atoms with E-state index < -0.39 is 46.9 Å². The minimum absolute atomic E-state index is 0.140. The molecule has 1 aromatic rings. The molecule has 0 aromatic heterocycles. The van der Waals surface area contributed by atoms with Gasteiger partial charge in [-0.3, -0.25) is 9.59 Å². The summed E-state index contributed by atoms with van der Waals surface area (Å²) in [5.41, 5.74) is -2.52. The number of carbonyl (C=O) groups excluding carboxylic acids is 2. The molecule has 0 saturated carbocycles. The van der Waals surface area contributed by atoms with Crippen LogP contribution in [0.4, 0.5) is 17.6 Å². The van der Waals surface area contributed by atoms with Crippen molar-refractivity contribution < 1.29 is 37.1 Å². The summed E-state index contributed by atoms with van der Waals surface area (Å²) in [5, 5.41) is 11.4. The van der Waals surface area contributed by atoms with Gasteiger partial charge in [-0.1, -0.05) is 6.07 Å². The summed E-state index contributed by atoms with van der Waals surface area (Å²) in [7, 11) is 0. The van der Waals surface area contributed by atoms with Crippen LogP contribution in [0.2, 0.25) is 0 Å². The molecule has 2 N–H and O–H groups in total. The van der Waals surface area contributed by atoms with E-state index in [4.69, 9.17) is 5.11 Å². The summed E-state index contributed by atoms with van der Waals surface area (Å²) >= 11 is 0. The van der Waals surface area contributed by atoms with Crippen LogP contribution in [0.5, 0.6) is 0 Å². The minimum Gasteiger partial charge on any atom is -0.480 e. The molecule has 0 saturated heterocycles. The van der Waals surface area contributed by atoms with Crippen molar-refractivity contribution in [2.75, 3.05) is 13.1 Å². The molecule has 1 unspecified atom stereocenters. The zero-order valence-electron chi connectivity index (χ0n) is 13.4. The van der Waals surface area contributed by atoms with Gasteiger partial charge in [0.25, 0.3) is 5.91 Å². The molecule has 1 atom stereocenters. The zero-order valence-corrected chi connectivity index (χ0v) is 13.4. The highest BCUT2D eigenvalue weighted by atomic mass is 19.4. The number of aliphatic carboxylic acids is 1. The van der Waals surface area contributed by atoms with Gasteiger partial charge in [0.2, 0.25) is 5.91 Å².